The molecule has 0 radical (unpaired) electrons. The molecule has 5 heteroatoms. The molecule has 0 bridgehead atoms. The molecule has 0 unspecified atom stereocenters. The lowest BCUT2D eigenvalue weighted by atomic mass is 10.2. The van der Waals surface area contributed by atoms with Crippen LogP contribution in [0, 0.1) is 0 Å². The van der Waals surface area contributed by atoms with Crippen LogP contribution >= 0.6 is 0 Å². The summed E-state index contributed by atoms with van der Waals surface area (Å²) >= 11 is 0. The first-order chi connectivity index (χ1) is 12.3. The highest BCUT2D eigenvalue weighted by Crippen LogP contribution is 2.24. The van der Waals surface area contributed by atoms with Crippen LogP contribution in [0.4, 0.5) is 0 Å². The number of hydrogen-bond acceptors (Lipinski definition) is 4. The third-order valence-corrected chi connectivity index (χ3v) is 3.87. The molecule has 2 heterocycles. The van der Waals surface area contributed by atoms with Crippen molar-refractivity contribution >= 4 is 0 Å². The normalized spacial score (nSPS) is 10.8. The van der Waals surface area contributed by atoms with Crippen molar-refractivity contribution in [2.45, 2.75) is 6.92 Å². The molecule has 0 aliphatic carbocycles. The maximum Gasteiger partial charge on any atom is 0.258 e. The van der Waals surface area contributed by atoms with Crippen molar-refractivity contribution in [2.24, 2.45) is 0 Å². The van der Waals surface area contributed by atoms with Crippen LogP contribution in [0.5, 0.6) is 5.75 Å². The van der Waals surface area contributed by atoms with Crippen LogP contribution in [0.3, 0.4) is 0 Å². The number of hydrogen-bond donors (Lipinski definition) is 0. The van der Waals surface area contributed by atoms with E-state index in [2.05, 4.69) is 10.1 Å². The molecule has 4 aromatic rings. The average Bonchev–Trinajstić information content (AvgIpc) is 3.35. The highest BCUT2D eigenvalue weighted by Gasteiger charge is 2.11. The van der Waals surface area contributed by atoms with Gasteiger partial charge < -0.3 is 13.8 Å². The second-order valence-corrected chi connectivity index (χ2v) is 5.52. The van der Waals surface area contributed by atoms with Crippen LogP contribution in [0.25, 0.3) is 28.5 Å². The van der Waals surface area contributed by atoms with Gasteiger partial charge in [-0.05, 0) is 67.6 Å². The third-order valence-electron chi connectivity index (χ3n) is 3.87. The summed E-state index contributed by atoms with van der Waals surface area (Å²) in [7, 11) is 0. The Morgan fingerprint density at radius 2 is 1.60 bits per heavy atom. The zero-order valence-corrected chi connectivity index (χ0v) is 13.8. The molecule has 0 aliphatic rings. The summed E-state index contributed by atoms with van der Waals surface area (Å²) in [6.45, 7) is 2.60. The first-order valence-corrected chi connectivity index (χ1v) is 8.14. The lowest BCUT2D eigenvalue weighted by molar-refractivity contribution is 0.340. The summed E-state index contributed by atoms with van der Waals surface area (Å²) in [5, 5.41) is 4.09. The van der Waals surface area contributed by atoms with Gasteiger partial charge in [0.25, 0.3) is 5.89 Å². The highest BCUT2D eigenvalue weighted by molar-refractivity contribution is 5.61. The monoisotopic (exact) mass is 331 g/mol. The van der Waals surface area contributed by atoms with Gasteiger partial charge in [0.2, 0.25) is 5.82 Å². The van der Waals surface area contributed by atoms with E-state index in [-0.39, 0.29) is 0 Å². The fourth-order valence-electron chi connectivity index (χ4n) is 2.61. The van der Waals surface area contributed by atoms with Crippen molar-refractivity contribution < 1.29 is 9.26 Å². The van der Waals surface area contributed by atoms with Gasteiger partial charge in [0.05, 0.1) is 6.61 Å². The predicted octanol–water partition coefficient (Wildman–Crippen LogP) is 4.59. The third kappa shape index (κ3) is 3.17. The van der Waals surface area contributed by atoms with Crippen molar-refractivity contribution in [3.63, 3.8) is 0 Å². The average molecular weight is 331 g/mol. The fourth-order valence-corrected chi connectivity index (χ4v) is 2.61. The molecule has 0 N–H and O–H groups in total. The Labute approximate surface area is 145 Å². The second kappa shape index (κ2) is 6.65. The maximum atomic E-state index is 5.44. The van der Waals surface area contributed by atoms with Gasteiger partial charge >= 0.3 is 0 Å². The summed E-state index contributed by atoms with van der Waals surface area (Å²) in [6.07, 6.45) is 4.01. The molecule has 124 valence electrons. The standard InChI is InChI=1S/C20H17N3O2/c1-2-24-18-11-7-16(8-12-18)20-21-19(22-25-20)15-5-9-17(10-6-15)23-13-3-4-14-23/h3-14H,2H2,1H3. The van der Waals surface area contributed by atoms with E-state index in [0.29, 0.717) is 18.3 Å². The van der Waals surface area contributed by atoms with Crippen LogP contribution in [0.1, 0.15) is 6.92 Å². The van der Waals surface area contributed by atoms with Gasteiger partial charge in [0.15, 0.2) is 0 Å². The first kappa shape index (κ1) is 15.2. The molecule has 25 heavy (non-hydrogen) atoms. The molecule has 0 fully saturated rings. The minimum Gasteiger partial charge on any atom is -0.494 e. The van der Waals surface area contributed by atoms with Crippen LogP contribution in [-0.4, -0.2) is 21.3 Å². The summed E-state index contributed by atoms with van der Waals surface area (Å²) in [5.41, 5.74) is 2.87. The van der Waals surface area contributed by atoms with Crippen LogP contribution in [0.2, 0.25) is 0 Å². The zero-order valence-electron chi connectivity index (χ0n) is 13.8. The Kier molecular flexibility index (Phi) is 4.04. The molecule has 5 nitrogen and oxygen atoms in total. The van der Waals surface area contributed by atoms with Gasteiger partial charge in [-0.25, -0.2) is 0 Å². The van der Waals surface area contributed by atoms with E-state index in [1.807, 2.05) is 84.5 Å². The van der Waals surface area contributed by atoms with Crippen molar-refractivity contribution in [3.05, 3.63) is 73.1 Å². The largest absolute Gasteiger partial charge is 0.494 e. The molecule has 0 atom stereocenters. The smallest absolute Gasteiger partial charge is 0.258 e. The molecular weight excluding hydrogens is 314 g/mol. The topological polar surface area (TPSA) is 53.1 Å². The number of benzene rings is 2. The predicted molar refractivity (Wildman–Crippen MR) is 95.7 cm³/mol. The van der Waals surface area contributed by atoms with Gasteiger partial charge in [-0.3, -0.25) is 0 Å². The molecule has 0 saturated carbocycles. The number of nitrogens with zero attached hydrogens (tertiary/aromatic N) is 3. The van der Waals surface area contributed by atoms with Crippen molar-refractivity contribution in [3.8, 4) is 34.3 Å². The van der Waals surface area contributed by atoms with Gasteiger partial charge in [-0.2, -0.15) is 4.98 Å². The molecular formula is C20H17N3O2. The van der Waals surface area contributed by atoms with E-state index in [4.69, 9.17) is 9.26 Å². The minimum absolute atomic E-state index is 0.493. The van der Waals surface area contributed by atoms with Crippen molar-refractivity contribution in [2.75, 3.05) is 6.61 Å². The summed E-state index contributed by atoms with van der Waals surface area (Å²) < 4.78 is 12.9. The quantitative estimate of drug-likeness (QED) is 0.536. The molecule has 0 spiro atoms. The summed E-state index contributed by atoms with van der Waals surface area (Å²) in [4.78, 5) is 4.49. The van der Waals surface area contributed by atoms with E-state index in [0.717, 1.165) is 22.6 Å². The Bertz CT molecular complexity index is 940. The minimum atomic E-state index is 0.493. The summed E-state index contributed by atoms with van der Waals surface area (Å²) in [5.74, 6) is 1.89. The van der Waals surface area contributed by atoms with E-state index in [1.54, 1.807) is 0 Å². The summed E-state index contributed by atoms with van der Waals surface area (Å²) in [6, 6.07) is 19.7. The molecule has 4 rings (SSSR count). The van der Waals surface area contributed by atoms with Crippen molar-refractivity contribution in [1.82, 2.24) is 14.7 Å². The molecule has 0 aliphatic heterocycles. The van der Waals surface area contributed by atoms with Gasteiger partial charge in [-0.1, -0.05) is 5.16 Å². The lowest BCUT2D eigenvalue weighted by Crippen LogP contribution is -1.90. The van der Waals surface area contributed by atoms with Crippen LogP contribution in [-0.2, 0) is 0 Å². The van der Waals surface area contributed by atoms with Gasteiger partial charge in [0.1, 0.15) is 5.75 Å². The van der Waals surface area contributed by atoms with Crippen molar-refractivity contribution in [1.29, 1.82) is 0 Å². The Hall–Kier alpha value is -3.34. The Morgan fingerprint density at radius 3 is 2.28 bits per heavy atom. The molecule has 0 saturated heterocycles. The molecule has 2 aromatic carbocycles. The Balaban J connectivity index is 1.56. The number of aromatic nitrogens is 3. The highest BCUT2D eigenvalue weighted by atomic mass is 16.5. The van der Waals surface area contributed by atoms with E-state index < -0.39 is 0 Å². The van der Waals surface area contributed by atoms with E-state index >= 15 is 0 Å². The maximum absolute atomic E-state index is 5.44. The van der Waals surface area contributed by atoms with Gasteiger partial charge in [-0.15, -0.1) is 0 Å². The van der Waals surface area contributed by atoms with Crippen LogP contribution < -0.4 is 4.74 Å². The van der Waals surface area contributed by atoms with E-state index in [1.165, 1.54) is 0 Å². The number of rotatable bonds is 5. The number of ether oxygens (including phenoxy) is 1. The fraction of sp³-hybridized carbons (Fsp3) is 0.100. The lowest BCUT2D eigenvalue weighted by Gasteiger charge is -2.03. The van der Waals surface area contributed by atoms with Crippen LogP contribution in [0.15, 0.2) is 77.6 Å². The van der Waals surface area contributed by atoms with E-state index in [9.17, 15) is 0 Å². The first-order valence-electron chi connectivity index (χ1n) is 8.14. The second-order valence-electron chi connectivity index (χ2n) is 5.52. The van der Waals surface area contributed by atoms with Gasteiger partial charge in [0, 0.05) is 29.2 Å². The zero-order chi connectivity index (χ0) is 17.1. The molecule has 2 aromatic heterocycles. The Morgan fingerprint density at radius 1 is 0.920 bits per heavy atom. The SMILES string of the molecule is CCOc1ccc(-c2nc(-c3ccc(-n4cccc4)cc3)no2)cc1. The molecule has 0 amide bonds.